The van der Waals surface area contributed by atoms with Gasteiger partial charge in [-0.2, -0.15) is 0 Å². The quantitative estimate of drug-likeness (QED) is 0.199. The van der Waals surface area contributed by atoms with Gasteiger partial charge in [0.1, 0.15) is 12.1 Å². The molecule has 2 unspecified atom stereocenters. The van der Waals surface area contributed by atoms with Crippen LogP contribution in [-0.4, -0.2) is 59.7 Å². The summed E-state index contributed by atoms with van der Waals surface area (Å²) in [5, 5.41) is 23.2. The monoisotopic (exact) mass is 672 g/mol. The fourth-order valence-corrected chi connectivity index (χ4v) is 6.50. The molecular formula is C34H42Cl2N4O6. The standard InChI is InChI=1S/C34H42Cl2N4O6/c1-19(2)16-27(31(43)39-26(17-21-12-15-37-30(21)42)28(41)32(44)38-25-10-11-25)40-33(45)46-29(20-6-8-23(35)9-7-20)34(13-14-34)22-4-3-5-24(36)18-22/h3-9,18-19,21,25-29,41H,10-17H2,1-2H3,(H,37,42)(H,38,44)(H,39,43)(H,40,45)/t21-,26-,27-,28?,29?/m0/s1. The Kier molecular flexibility index (Phi) is 10.8. The average Bonchev–Trinajstić information content (AvgIpc) is 3.95. The topological polar surface area (TPSA) is 146 Å². The highest BCUT2D eigenvalue weighted by Crippen LogP contribution is 2.58. The van der Waals surface area contributed by atoms with E-state index in [1.165, 1.54) is 0 Å². The third-order valence-corrected chi connectivity index (χ3v) is 9.49. The average molecular weight is 674 g/mol. The normalized spacial score (nSPS) is 21.0. The number of alkyl carbamates (subject to hydrolysis) is 1. The van der Waals surface area contributed by atoms with E-state index >= 15 is 0 Å². The Morgan fingerprint density at radius 3 is 2.30 bits per heavy atom. The van der Waals surface area contributed by atoms with Gasteiger partial charge in [-0.1, -0.05) is 61.3 Å². The van der Waals surface area contributed by atoms with Crippen LogP contribution in [0.3, 0.4) is 0 Å². The van der Waals surface area contributed by atoms with Gasteiger partial charge in [0.05, 0.1) is 6.04 Å². The molecule has 12 heteroatoms. The number of aliphatic hydroxyl groups excluding tert-OH is 1. The molecule has 5 atom stereocenters. The van der Waals surface area contributed by atoms with Gasteiger partial charge in [-0.05, 0) is 86.3 Å². The highest BCUT2D eigenvalue weighted by atomic mass is 35.5. The van der Waals surface area contributed by atoms with Crippen LogP contribution in [0.5, 0.6) is 0 Å². The predicted molar refractivity (Wildman–Crippen MR) is 174 cm³/mol. The second kappa shape index (κ2) is 14.6. The van der Waals surface area contributed by atoms with Gasteiger partial charge < -0.3 is 31.1 Å². The second-order valence-corrected chi connectivity index (χ2v) is 14.1. The van der Waals surface area contributed by atoms with E-state index in [-0.39, 0.29) is 30.7 Å². The zero-order valence-electron chi connectivity index (χ0n) is 26.1. The fraction of sp³-hybridized carbons (Fsp3) is 0.529. The van der Waals surface area contributed by atoms with Crippen LogP contribution in [-0.2, 0) is 24.5 Å². The molecule has 0 spiro atoms. The summed E-state index contributed by atoms with van der Waals surface area (Å²) in [4.78, 5) is 52.5. The Morgan fingerprint density at radius 2 is 1.72 bits per heavy atom. The molecule has 0 bridgehead atoms. The Hall–Kier alpha value is -3.34. The lowest BCUT2D eigenvalue weighted by atomic mass is 9.86. The number of ether oxygens (including phenoxy) is 1. The zero-order valence-corrected chi connectivity index (χ0v) is 27.6. The molecule has 1 saturated heterocycles. The molecule has 5 N–H and O–H groups in total. The van der Waals surface area contributed by atoms with Crippen molar-refractivity contribution in [1.29, 1.82) is 0 Å². The van der Waals surface area contributed by atoms with E-state index < -0.39 is 53.5 Å². The molecular weight excluding hydrogens is 631 g/mol. The molecule has 2 saturated carbocycles. The lowest BCUT2D eigenvalue weighted by Gasteiger charge is -2.30. The summed E-state index contributed by atoms with van der Waals surface area (Å²) in [5.74, 6) is -1.81. The number of nitrogens with one attached hydrogen (secondary N) is 4. The van der Waals surface area contributed by atoms with Crippen LogP contribution in [0, 0.1) is 11.8 Å². The Labute approximate surface area is 279 Å². The number of aliphatic hydroxyl groups is 1. The zero-order chi connectivity index (χ0) is 33.0. The van der Waals surface area contributed by atoms with Gasteiger partial charge in [0.25, 0.3) is 5.91 Å². The van der Waals surface area contributed by atoms with Crippen LogP contribution in [0.2, 0.25) is 10.0 Å². The Bertz CT molecular complexity index is 1430. The molecule has 1 heterocycles. The summed E-state index contributed by atoms with van der Waals surface area (Å²) < 4.78 is 6.14. The fourth-order valence-electron chi connectivity index (χ4n) is 6.18. The van der Waals surface area contributed by atoms with E-state index in [2.05, 4.69) is 21.3 Å². The van der Waals surface area contributed by atoms with E-state index in [0.717, 1.165) is 36.8 Å². The number of carbonyl (C=O) groups is 4. The van der Waals surface area contributed by atoms with E-state index in [1.807, 2.05) is 44.2 Å². The van der Waals surface area contributed by atoms with Gasteiger partial charge in [0.2, 0.25) is 11.8 Å². The highest BCUT2D eigenvalue weighted by Gasteiger charge is 2.54. The van der Waals surface area contributed by atoms with Gasteiger partial charge in [-0.15, -0.1) is 0 Å². The molecule has 1 aliphatic heterocycles. The minimum atomic E-state index is -1.56. The maximum Gasteiger partial charge on any atom is 0.408 e. The van der Waals surface area contributed by atoms with Crippen molar-refractivity contribution in [3.8, 4) is 0 Å². The summed E-state index contributed by atoms with van der Waals surface area (Å²) in [7, 11) is 0. The number of hydrogen-bond donors (Lipinski definition) is 5. The first-order valence-corrected chi connectivity index (χ1v) is 16.8. The molecule has 2 aromatic rings. The molecule has 2 aromatic carbocycles. The number of carbonyl (C=O) groups excluding carboxylic acids is 4. The van der Waals surface area contributed by atoms with Gasteiger partial charge in [-0.3, -0.25) is 14.4 Å². The van der Waals surface area contributed by atoms with Crippen molar-refractivity contribution < 1.29 is 29.0 Å². The SMILES string of the molecule is CC(C)C[C@H](NC(=O)OC(c1ccc(Cl)cc1)C1(c2cccc(Cl)c2)CC1)C(=O)N[C@@H](C[C@@H]1CCNC1=O)C(O)C(=O)NC1CC1. The second-order valence-electron chi connectivity index (χ2n) is 13.2. The minimum Gasteiger partial charge on any atom is -0.440 e. The van der Waals surface area contributed by atoms with Gasteiger partial charge in [0.15, 0.2) is 6.10 Å². The van der Waals surface area contributed by atoms with E-state index in [9.17, 15) is 24.3 Å². The van der Waals surface area contributed by atoms with Crippen molar-refractivity contribution in [2.24, 2.45) is 11.8 Å². The molecule has 2 aliphatic carbocycles. The van der Waals surface area contributed by atoms with Crippen molar-refractivity contribution in [1.82, 2.24) is 21.3 Å². The van der Waals surface area contributed by atoms with Crippen LogP contribution in [0.4, 0.5) is 4.79 Å². The number of rotatable bonds is 14. The number of halogens is 2. The highest BCUT2D eigenvalue weighted by molar-refractivity contribution is 6.30. The van der Waals surface area contributed by atoms with Crippen molar-refractivity contribution in [3.63, 3.8) is 0 Å². The molecule has 10 nitrogen and oxygen atoms in total. The Morgan fingerprint density at radius 1 is 1.00 bits per heavy atom. The van der Waals surface area contributed by atoms with Crippen molar-refractivity contribution in [2.45, 2.75) is 94.5 Å². The van der Waals surface area contributed by atoms with Gasteiger partial charge >= 0.3 is 6.09 Å². The smallest absolute Gasteiger partial charge is 0.408 e. The van der Waals surface area contributed by atoms with E-state index in [0.29, 0.717) is 23.0 Å². The molecule has 3 fully saturated rings. The van der Waals surface area contributed by atoms with E-state index in [4.69, 9.17) is 27.9 Å². The summed E-state index contributed by atoms with van der Waals surface area (Å²) in [6.45, 7) is 4.32. The predicted octanol–water partition coefficient (Wildman–Crippen LogP) is 4.56. The van der Waals surface area contributed by atoms with E-state index in [1.54, 1.807) is 18.2 Å². The van der Waals surface area contributed by atoms with Crippen molar-refractivity contribution in [2.75, 3.05) is 6.54 Å². The maximum atomic E-state index is 13.7. The largest absolute Gasteiger partial charge is 0.440 e. The molecule has 3 aliphatic rings. The Balaban J connectivity index is 1.33. The summed E-state index contributed by atoms with van der Waals surface area (Å²) in [6.07, 6.45) is 1.04. The molecule has 0 aromatic heterocycles. The first-order chi connectivity index (χ1) is 21.9. The number of amides is 4. The van der Waals surface area contributed by atoms with Gasteiger partial charge in [-0.25, -0.2) is 4.79 Å². The van der Waals surface area contributed by atoms with Crippen LogP contribution >= 0.6 is 23.2 Å². The first kappa shape index (κ1) is 34.0. The summed E-state index contributed by atoms with van der Waals surface area (Å²) in [5.41, 5.74) is 1.20. The third-order valence-electron chi connectivity index (χ3n) is 9.01. The van der Waals surface area contributed by atoms with Crippen LogP contribution in [0.25, 0.3) is 0 Å². The van der Waals surface area contributed by atoms with Crippen LogP contribution < -0.4 is 21.3 Å². The number of hydrogen-bond acceptors (Lipinski definition) is 6. The minimum absolute atomic E-state index is 0.00601. The van der Waals surface area contributed by atoms with Crippen LogP contribution in [0.15, 0.2) is 48.5 Å². The maximum absolute atomic E-state index is 13.7. The molecule has 5 rings (SSSR count). The molecule has 248 valence electrons. The van der Waals surface area contributed by atoms with Crippen molar-refractivity contribution in [3.05, 3.63) is 69.7 Å². The molecule has 46 heavy (non-hydrogen) atoms. The lowest BCUT2D eigenvalue weighted by molar-refractivity contribution is -0.134. The van der Waals surface area contributed by atoms with Crippen LogP contribution in [0.1, 0.15) is 76.0 Å². The third kappa shape index (κ3) is 8.52. The van der Waals surface area contributed by atoms with Gasteiger partial charge in [0, 0.05) is 34.0 Å². The molecule has 0 radical (unpaired) electrons. The summed E-state index contributed by atoms with van der Waals surface area (Å²) in [6, 6.07) is 12.6. The summed E-state index contributed by atoms with van der Waals surface area (Å²) >= 11 is 12.5. The first-order valence-electron chi connectivity index (χ1n) is 16.0. The van der Waals surface area contributed by atoms with Crippen molar-refractivity contribution >= 4 is 47.0 Å². The molecule has 4 amide bonds. The number of benzene rings is 2. The lowest BCUT2D eigenvalue weighted by Crippen LogP contribution is -2.56.